The Bertz CT molecular complexity index is 499. The molecular weight excluding hydrogens is 280 g/mol. The molecule has 0 aliphatic carbocycles. The predicted molar refractivity (Wildman–Crippen MR) is 77.0 cm³/mol. The van der Waals surface area contributed by atoms with Gasteiger partial charge in [-0.05, 0) is 13.0 Å². The van der Waals surface area contributed by atoms with Gasteiger partial charge < -0.3 is 10.1 Å². The van der Waals surface area contributed by atoms with Gasteiger partial charge in [-0.1, -0.05) is 13.8 Å². The van der Waals surface area contributed by atoms with Crippen molar-refractivity contribution in [1.82, 2.24) is 19.8 Å². The fourth-order valence-corrected chi connectivity index (χ4v) is 2.96. The van der Waals surface area contributed by atoms with Crippen LogP contribution < -0.4 is 10.0 Å². The molecule has 7 nitrogen and oxygen atoms in total. The summed E-state index contributed by atoms with van der Waals surface area (Å²) in [6, 6.07) is -0.259. The summed E-state index contributed by atoms with van der Waals surface area (Å²) in [5, 5.41) is 7.03. The van der Waals surface area contributed by atoms with E-state index in [1.807, 2.05) is 20.9 Å². The summed E-state index contributed by atoms with van der Waals surface area (Å²) in [6.07, 6.45) is 2.89. The molecule has 8 heteroatoms. The lowest BCUT2D eigenvalue weighted by Gasteiger charge is -2.20. The van der Waals surface area contributed by atoms with Gasteiger partial charge in [-0.2, -0.15) is 5.10 Å². The average molecular weight is 304 g/mol. The highest BCUT2D eigenvalue weighted by Crippen LogP contribution is 2.11. The minimum absolute atomic E-state index is 0.143. The van der Waals surface area contributed by atoms with E-state index >= 15 is 0 Å². The van der Waals surface area contributed by atoms with Gasteiger partial charge in [-0.3, -0.25) is 4.68 Å². The van der Waals surface area contributed by atoms with Crippen LogP contribution in [0, 0.1) is 5.92 Å². The van der Waals surface area contributed by atoms with E-state index < -0.39 is 10.0 Å². The van der Waals surface area contributed by atoms with Gasteiger partial charge in [0.25, 0.3) is 0 Å². The van der Waals surface area contributed by atoms with Crippen molar-refractivity contribution in [2.24, 2.45) is 5.92 Å². The summed E-state index contributed by atoms with van der Waals surface area (Å²) in [7, 11) is -0.176. The van der Waals surface area contributed by atoms with E-state index in [0.717, 1.165) is 6.54 Å². The van der Waals surface area contributed by atoms with Crippen molar-refractivity contribution < 1.29 is 13.2 Å². The van der Waals surface area contributed by atoms with Crippen molar-refractivity contribution in [2.45, 2.75) is 31.3 Å². The van der Waals surface area contributed by atoms with Crippen LogP contribution in [0.5, 0.6) is 0 Å². The maximum absolute atomic E-state index is 12.3. The lowest BCUT2D eigenvalue weighted by Crippen LogP contribution is -2.41. The minimum Gasteiger partial charge on any atom is -0.383 e. The third-order valence-electron chi connectivity index (χ3n) is 2.97. The average Bonchev–Trinajstić information content (AvgIpc) is 2.85. The van der Waals surface area contributed by atoms with Crippen molar-refractivity contribution in [3.63, 3.8) is 0 Å². The molecule has 1 atom stereocenters. The first kappa shape index (κ1) is 17.1. The van der Waals surface area contributed by atoms with Gasteiger partial charge in [0, 0.05) is 25.9 Å². The van der Waals surface area contributed by atoms with E-state index in [2.05, 4.69) is 15.1 Å². The SMILES string of the molecule is CNCCn1cc(S(=O)(=O)NC(COC)C(C)C)cn1. The second kappa shape index (κ2) is 7.72. The van der Waals surface area contributed by atoms with Crippen LogP contribution in [0.4, 0.5) is 0 Å². The van der Waals surface area contributed by atoms with E-state index in [0.29, 0.717) is 13.2 Å². The molecule has 0 amide bonds. The Labute approximate surface area is 120 Å². The van der Waals surface area contributed by atoms with Gasteiger partial charge in [0.1, 0.15) is 4.90 Å². The molecule has 20 heavy (non-hydrogen) atoms. The van der Waals surface area contributed by atoms with Crippen molar-refractivity contribution in [3.8, 4) is 0 Å². The standard InChI is InChI=1S/C12H24N4O3S/c1-10(2)12(9-19-4)15-20(17,18)11-7-14-16(8-11)6-5-13-3/h7-8,10,12-13,15H,5-6,9H2,1-4H3. The lowest BCUT2D eigenvalue weighted by atomic mass is 10.1. The van der Waals surface area contributed by atoms with Gasteiger partial charge in [0.05, 0.1) is 19.3 Å². The van der Waals surface area contributed by atoms with Crippen LogP contribution in [0.25, 0.3) is 0 Å². The van der Waals surface area contributed by atoms with Gasteiger partial charge in [-0.15, -0.1) is 0 Å². The molecule has 0 spiro atoms. The monoisotopic (exact) mass is 304 g/mol. The fraction of sp³-hybridized carbons (Fsp3) is 0.750. The zero-order chi connectivity index (χ0) is 15.2. The first-order valence-electron chi connectivity index (χ1n) is 6.59. The third kappa shape index (κ3) is 4.86. The smallest absolute Gasteiger partial charge is 0.244 e. The summed E-state index contributed by atoms with van der Waals surface area (Å²) in [6.45, 7) is 5.58. The summed E-state index contributed by atoms with van der Waals surface area (Å²) >= 11 is 0. The first-order chi connectivity index (χ1) is 9.40. The van der Waals surface area contributed by atoms with Gasteiger partial charge >= 0.3 is 0 Å². The molecule has 0 aliphatic rings. The molecule has 0 aliphatic heterocycles. The van der Waals surface area contributed by atoms with Gasteiger partial charge in [0.15, 0.2) is 0 Å². The predicted octanol–water partition coefficient (Wildman–Crippen LogP) is 0.0518. The summed E-state index contributed by atoms with van der Waals surface area (Å²) < 4.78 is 33.9. The second-order valence-corrected chi connectivity index (χ2v) is 6.68. The molecule has 116 valence electrons. The Balaban J connectivity index is 2.79. The van der Waals surface area contributed by atoms with Crippen LogP contribution in [0.3, 0.4) is 0 Å². The third-order valence-corrected chi connectivity index (χ3v) is 4.41. The zero-order valence-corrected chi connectivity index (χ0v) is 13.3. The number of likely N-dealkylation sites (N-methyl/N-ethyl adjacent to an activating group) is 1. The molecule has 1 rings (SSSR count). The van der Waals surface area contributed by atoms with Crippen molar-refractivity contribution in [1.29, 1.82) is 0 Å². The number of aromatic nitrogens is 2. The van der Waals surface area contributed by atoms with Crippen molar-refractivity contribution >= 4 is 10.0 Å². The van der Waals surface area contributed by atoms with E-state index in [9.17, 15) is 8.42 Å². The number of hydrogen-bond donors (Lipinski definition) is 2. The highest BCUT2D eigenvalue weighted by atomic mass is 32.2. The molecule has 2 N–H and O–H groups in total. The Kier molecular flexibility index (Phi) is 6.60. The number of nitrogens with one attached hydrogen (secondary N) is 2. The number of methoxy groups -OCH3 is 1. The van der Waals surface area contributed by atoms with Crippen LogP contribution in [0.1, 0.15) is 13.8 Å². The molecule has 0 saturated carbocycles. The van der Waals surface area contributed by atoms with E-state index in [1.165, 1.54) is 12.4 Å². The number of nitrogens with zero attached hydrogens (tertiary/aromatic N) is 2. The Morgan fingerprint density at radius 3 is 2.70 bits per heavy atom. The molecule has 1 heterocycles. The van der Waals surface area contributed by atoms with Crippen LogP contribution in [-0.2, 0) is 21.3 Å². The quantitative estimate of drug-likeness (QED) is 0.673. The van der Waals surface area contributed by atoms with Gasteiger partial charge in [-0.25, -0.2) is 13.1 Å². The van der Waals surface area contributed by atoms with Crippen molar-refractivity contribution in [3.05, 3.63) is 12.4 Å². The van der Waals surface area contributed by atoms with E-state index in [4.69, 9.17) is 4.74 Å². The van der Waals surface area contributed by atoms with E-state index in [-0.39, 0.29) is 16.9 Å². The molecule has 0 fully saturated rings. The van der Waals surface area contributed by atoms with Crippen molar-refractivity contribution in [2.75, 3.05) is 27.3 Å². The first-order valence-corrected chi connectivity index (χ1v) is 8.07. The fourth-order valence-electron chi connectivity index (χ4n) is 1.64. The molecule has 0 saturated heterocycles. The van der Waals surface area contributed by atoms with Crippen LogP contribution in [0.15, 0.2) is 17.3 Å². The topological polar surface area (TPSA) is 85.2 Å². The van der Waals surface area contributed by atoms with Crippen LogP contribution in [-0.4, -0.2) is 51.5 Å². The molecule has 0 bridgehead atoms. The molecular formula is C12H24N4O3S. The number of rotatable bonds is 9. The zero-order valence-electron chi connectivity index (χ0n) is 12.5. The van der Waals surface area contributed by atoms with Gasteiger partial charge in [0.2, 0.25) is 10.0 Å². The molecule has 0 radical (unpaired) electrons. The number of hydrogen-bond acceptors (Lipinski definition) is 5. The Morgan fingerprint density at radius 2 is 2.15 bits per heavy atom. The largest absolute Gasteiger partial charge is 0.383 e. The normalized spacial score (nSPS) is 13.8. The molecule has 0 aromatic carbocycles. The van der Waals surface area contributed by atoms with Crippen LogP contribution >= 0.6 is 0 Å². The molecule has 1 aromatic rings. The Morgan fingerprint density at radius 1 is 1.45 bits per heavy atom. The van der Waals surface area contributed by atoms with Crippen LogP contribution in [0.2, 0.25) is 0 Å². The molecule has 1 unspecified atom stereocenters. The Hall–Kier alpha value is -0.960. The summed E-state index contributed by atoms with van der Waals surface area (Å²) in [4.78, 5) is 0.176. The number of ether oxygens (including phenoxy) is 1. The highest BCUT2D eigenvalue weighted by molar-refractivity contribution is 7.89. The minimum atomic E-state index is -3.56. The maximum atomic E-state index is 12.3. The lowest BCUT2D eigenvalue weighted by molar-refractivity contribution is 0.157. The molecule has 1 aromatic heterocycles. The van der Waals surface area contributed by atoms with E-state index in [1.54, 1.807) is 11.8 Å². The maximum Gasteiger partial charge on any atom is 0.244 e. The highest BCUT2D eigenvalue weighted by Gasteiger charge is 2.23. The summed E-state index contributed by atoms with van der Waals surface area (Å²) in [5.74, 6) is 0.143. The number of sulfonamides is 1. The second-order valence-electron chi connectivity index (χ2n) is 4.97. The summed E-state index contributed by atoms with van der Waals surface area (Å²) in [5.41, 5.74) is 0.